The molecule has 0 bridgehead atoms. The molecule has 0 saturated heterocycles. The van der Waals surface area contributed by atoms with Gasteiger partial charge in [-0.25, -0.2) is 18.5 Å². The number of aromatic amines is 1. The van der Waals surface area contributed by atoms with Crippen LogP contribution in [0.25, 0.3) is 33.7 Å². The Hall–Kier alpha value is -3.13. The first-order chi connectivity index (χ1) is 12.0. The highest BCUT2D eigenvalue weighted by Gasteiger charge is 2.17. The predicted octanol–water partition coefficient (Wildman–Crippen LogP) is 2.49. The van der Waals surface area contributed by atoms with Crippen LogP contribution in [0.5, 0.6) is 0 Å². The summed E-state index contributed by atoms with van der Waals surface area (Å²) in [5.74, 6) is 0.269. The molecular weight excluding hydrogens is 338 g/mol. The molecule has 2 aromatic carbocycles. The van der Waals surface area contributed by atoms with Crippen LogP contribution in [-0.4, -0.2) is 39.8 Å². The van der Waals surface area contributed by atoms with E-state index >= 15 is 0 Å². The standard InChI is InChI=1S/C17H13N5O2S/c1-25(23,24)17-20-16(21-22-17)12-8-5-9-13-15(12)19-14(10-18-13)11-6-3-2-4-7-11/h2-10H,1H3,(H,20,21,22). The first-order valence-corrected chi connectivity index (χ1v) is 9.35. The number of aromatic nitrogens is 5. The summed E-state index contributed by atoms with van der Waals surface area (Å²) < 4.78 is 23.2. The van der Waals surface area contributed by atoms with Crippen molar-refractivity contribution in [2.24, 2.45) is 0 Å². The van der Waals surface area contributed by atoms with Crippen LogP contribution in [0, 0.1) is 0 Å². The third-order valence-electron chi connectivity index (χ3n) is 3.70. The molecule has 0 spiro atoms. The molecular formula is C17H13N5O2S. The number of benzene rings is 2. The minimum Gasteiger partial charge on any atom is -0.252 e. The molecule has 4 rings (SSSR count). The van der Waals surface area contributed by atoms with Crippen LogP contribution in [-0.2, 0) is 9.84 Å². The Balaban J connectivity index is 1.91. The fraction of sp³-hybridized carbons (Fsp3) is 0.0588. The van der Waals surface area contributed by atoms with Crippen molar-refractivity contribution in [3.63, 3.8) is 0 Å². The van der Waals surface area contributed by atoms with Gasteiger partial charge in [0.25, 0.3) is 0 Å². The van der Waals surface area contributed by atoms with Crippen LogP contribution in [0.15, 0.2) is 59.9 Å². The quantitative estimate of drug-likeness (QED) is 0.608. The molecule has 0 aliphatic rings. The summed E-state index contributed by atoms with van der Waals surface area (Å²) in [5.41, 5.74) is 3.58. The van der Waals surface area contributed by atoms with Crippen LogP contribution >= 0.6 is 0 Å². The second kappa shape index (κ2) is 5.75. The molecule has 0 aliphatic carbocycles. The van der Waals surface area contributed by atoms with Gasteiger partial charge in [-0.1, -0.05) is 36.4 Å². The van der Waals surface area contributed by atoms with Gasteiger partial charge in [0.05, 0.1) is 17.4 Å². The summed E-state index contributed by atoms with van der Waals surface area (Å²) in [6, 6.07) is 15.1. The van der Waals surface area contributed by atoms with Gasteiger partial charge in [-0.3, -0.25) is 4.98 Å². The third-order valence-corrected chi connectivity index (χ3v) is 4.58. The van der Waals surface area contributed by atoms with E-state index < -0.39 is 9.84 Å². The number of hydrogen-bond acceptors (Lipinski definition) is 6. The van der Waals surface area contributed by atoms with E-state index in [0.717, 1.165) is 17.5 Å². The largest absolute Gasteiger partial charge is 0.252 e. The van der Waals surface area contributed by atoms with Crippen LogP contribution in [0.2, 0.25) is 0 Å². The number of hydrogen-bond donors (Lipinski definition) is 1. The molecule has 1 N–H and O–H groups in total. The lowest BCUT2D eigenvalue weighted by Gasteiger charge is -2.05. The van der Waals surface area contributed by atoms with Crippen molar-refractivity contribution < 1.29 is 8.42 Å². The summed E-state index contributed by atoms with van der Waals surface area (Å²) in [7, 11) is -3.46. The van der Waals surface area contributed by atoms with Crippen LogP contribution in [0.3, 0.4) is 0 Å². The molecule has 124 valence electrons. The zero-order chi connectivity index (χ0) is 17.4. The smallest absolute Gasteiger partial charge is 0.243 e. The number of rotatable bonds is 3. The van der Waals surface area contributed by atoms with Crippen LogP contribution in [0.4, 0.5) is 0 Å². The van der Waals surface area contributed by atoms with Crippen LogP contribution in [0.1, 0.15) is 0 Å². The molecule has 2 aromatic heterocycles. The second-order valence-corrected chi connectivity index (χ2v) is 7.46. The molecule has 8 heteroatoms. The first-order valence-electron chi connectivity index (χ1n) is 7.46. The molecule has 0 saturated carbocycles. The summed E-state index contributed by atoms with van der Waals surface area (Å²) in [4.78, 5) is 13.2. The Labute approximate surface area is 143 Å². The Morgan fingerprint density at radius 3 is 2.48 bits per heavy atom. The van der Waals surface area contributed by atoms with Gasteiger partial charge in [-0.2, -0.15) is 10.1 Å². The molecule has 7 nitrogen and oxygen atoms in total. The number of nitrogens with one attached hydrogen (secondary N) is 1. The predicted molar refractivity (Wildman–Crippen MR) is 93.5 cm³/mol. The lowest BCUT2D eigenvalue weighted by atomic mass is 10.1. The minimum absolute atomic E-state index is 0.174. The normalized spacial score (nSPS) is 11.7. The van der Waals surface area contributed by atoms with Crippen molar-refractivity contribution in [2.75, 3.05) is 6.26 Å². The van der Waals surface area contributed by atoms with E-state index in [0.29, 0.717) is 16.6 Å². The van der Waals surface area contributed by atoms with Gasteiger partial charge in [-0.15, -0.1) is 0 Å². The highest BCUT2D eigenvalue weighted by atomic mass is 32.2. The highest BCUT2D eigenvalue weighted by Crippen LogP contribution is 2.26. The number of para-hydroxylation sites is 1. The molecule has 25 heavy (non-hydrogen) atoms. The van der Waals surface area contributed by atoms with Crippen molar-refractivity contribution >= 4 is 20.9 Å². The molecule has 0 unspecified atom stereocenters. The summed E-state index contributed by atoms with van der Waals surface area (Å²) in [6.07, 6.45) is 2.79. The molecule has 0 fully saturated rings. The zero-order valence-corrected chi connectivity index (χ0v) is 14.0. The van der Waals surface area contributed by atoms with Crippen molar-refractivity contribution in [2.45, 2.75) is 5.16 Å². The maximum atomic E-state index is 11.6. The topological polar surface area (TPSA) is 101 Å². The molecule has 0 aliphatic heterocycles. The average molecular weight is 351 g/mol. The Morgan fingerprint density at radius 1 is 0.960 bits per heavy atom. The summed E-state index contributed by atoms with van der Waals surface area (Å²) in [6.45, 7) is 0. The van der Waals surface area contributed by atoms with Gasteiger partial charge in [0.1, 0.15) is 5.52 Å². The third kappa shape index (κ3) is 2.87. The van der Waals surface area contributed by atoms with E-state index in [1.165, 1.54) is 0 Å². The molecule has 2 heterocycles. The Kier molecular flexibility index (Phi) is 3.54. The van der Waals surface area contributed by atoms with Crippen LogP contribution < -0.4 is 0 Å². The van der Waals surface area contributed by atoms with E-state index in [-0.39, 0.29) is 11.0 Å². The van der Waals surface area contributed by atoms with Gasteiger partial charge < -0.3 is 0 Å². The van der Waals surface area contributed by atoms with Gasteiger partial charge in [0.15, 0.2) is 5.82 Å². The zero-order valence-electron chi connectivity index (χ0n) is 13.2. The minimum atomic E-state index is -3.46. The summed E-state index contributed by atoms with van der Waals surface area (Å²) in [5, 5.41) is 6.31. The Morgan fingerprint density at radius 2 is 1.76 bits per heavy atom. The molecule has 4 aromatic rings. The number of H-pyrrole nitrogens is 1. The van der Waals surface area contributed by atoms with E-state index in [9.17, 15) is 8.42 Å². The van der Waals surface area contributed by atoms with Crippen molar-refractivity contribution in [1.82, 2.24) is 25.1 Å². The van der Waals surface area contributed by atoms with Gasteiger partial charge in [0.2, 0.25) is 15.0 Å². The fourth-order valence-electron chi connectivity index (χ4n) is 2.49. The fourth-order valence-corrected chi connectivity index (χ4v) is 2.96. The molecule has 0 amide bonds. The lowest BCUT2D eigenvalue weighted by Crippen LogP contribution is -1.99. The first kappa shape index (κ1) is 15.4. The Bertz CT molecular complexity index is 1170. The number of sulfone groups is 1. The number of fused-ring (bicyclic) bond motifs is 1. The van der Waals surface area contributed by atoms with E-state index in [1.807, 2.05) is 42.5 Å². The highest BCUT2D eigenvalue weighted by molar-refractivity contribution is 7.90. The van der Waals surface area contributed by atoms with E-state index in [2.05, 4.69) is 25.1 Å². The molecule has 0 radical (unpaired) electrons. The van der Waals surface area contributed by atoms with Crippen molar-refractivity contribution in [1.29, 1.82) is 0 Å². The maximum Gasteiger partial charge on any atom is 0.243 e. The summed E-state index contributed by atoms with van der Waals surface area (Å²) >= 11 is 0. The van der Waals surface area contributed by atoms with E-state index in [4.69, 9.17) is 0 Å². The lowest BCUT2D eigenvalue weighted by molar-refractivity contribution is 0.594. The van der Waals surface area contributed by atoms with Crippen molar-refractivity contribution in [3.05, 3.63) is 54.7 Å². The second-order valence-electron chi connectivity index (χ2n) is 5.53. The monoisotopic (exact) mass is 351 g/mol. The maximum absolute atomic E-state index is 11.6. The SMILES string of the molecule is CS(=O)(=O)c1nc(-c2cccc3ncc(-c4ccccc4)nc23)n[nH]1. The molecule has 0 atom stereocenters. The van der Waals surface area contributed by atoms with Gasteiger partial charge in [0, 0.05) is 17.4 Å². The van der Waals surface area contributed by atoms with Crippen molar-refractivity contribution in [3.8, 4) is 22.6 Å². The number of nitrogens with zero attached hydrogens (tertiary/aromatic N) is 4. The van der Waals surface area contributed by atoms with E-state index in [1.54, 1.807) is 12.3 Å². The van der Waals surface area contributed by atoms with Gasteiger partial charge >= 0.3 is 0 Å². The average Bonchev–Trinajstić information content (AvgIpc) is 3.12. The van der Waals surface area contributed by atoms with Gasteiger partial charge in [-0.05, 0) is 12.1 Å².